The van der Waals surface area contributed by atoms with Crippen LogP contribution in [0.1, 0.15) is 38.2 Å². The predicted octanol–water partition coefficient (Wildman–Crippen LogP) is 2.28. The summed E-state index contributed by atoms with van der Waals surface area (Å²) >= 11 is 6.03. The molecule has 1 saturated heterocycles. The molecule has 3 N–H and O–H groups in total. The van der Waals surface area contributed by atoms with Crippen LogP contribution in [0.15, 0.2) is 24.3 Å². The minimum absolute atomic E-state index is 0.165. The summed E-state index contributed by atoms with van der Waals surface area (Å²) in [6, 6.07) is 6.97. The van der Waals surface area contributed by atoms with E-state index in [2.05, 4.69) is 0 Å². The molecule has 0 aliphatic carbocycles. The summed E-state index contributed by atoms with van der Waals surface area (Å²) in [5.74, 6) is -0.882. The number of amides is 2. The largest absolute Gasteiger partial charge is 0.446 e. The van der Waals surface area contributed by atoms with Gasteiger partial charge in [-0.05, 0) is 31.5 Å². The number of ether oxygens (including phenoxy) is 1. The highest BCUT2D eigenvalue weighted by atomic mass is 35.5. The van der Waals surface area contributed by atoms with E-state index in [0.29, 0.717) is 36.5 Å². The van der Waals surface area contributed by atoms with Gasteiger partial charge in [-0.2, -0.15) is 0 Å². The number of carbonyl (C=O) groups excluding carboxylic acids is 2. The average molecular weight is 355 g/mol. The molecular formula is C17H23ClN2O4. The lowest BCUT2D eigenvalue weighted by molar-refractivity contribution is -0.140. The number of halogens is 1. The molecule has 1 unspecified atom stereocenters. The highest BCUT2D eigenvalue weighted by molar-refractivity contribution is 6.30. The Morgan fingerprint density at radius 1 is 1.38 bits per heavy atom. The van der Waals surface area contributed by atoms with Crippen LogP contribution in [0.5, 0.6) is 0 Å². The van der Waals surface area contributed by atoms with Crippen molar-refractivity contribution in [2.75, 3.05) is 13.1 Å². The summed E-state index contributed by atoms with van der Waals surface area (Å²) in [5.41, 5.74) is 4.47. The Balaban J connectivity index is 2.14. The summed E-state index contributed by atoms with van der Waals surface area (Å²) in [6.45, 7) is 4.12. The van der Waals surface area contributed by atoms with Gasteiger partial charge in [0.05, 0.1) is 11.5 Å². The van der Waals surface area contributed by atoms with Crippen molar-refractivity contribution in [3.05, 3.63) is 34.9 Å². The minimum Gasteiger partial charge on any atom is -0.446 e. The van der Waals surface area contributed by atoms with Crippen molar-refractivity contribution in [2.45, 2.75) is 44.3 Å². The van der Waals surface area contributed by atoms with Gasteiger partial charge in [0, 0.05) is 31.0 Å². The van der Waals surface area contributed by atoms with Crippen LogP contribution >= 0.6 is 11.6 Å². The second-order valence-electron chi connectivity index (χ2n) is 6.60. The second-order valence-corrected chi connectivity index (χ2v) is 7.04. The van der Waals surface area contributed by atoms with E-state index in [-0.39, 0.29) is 12.0 Å². The number of aliphatic hydroxyl groups is 1. The fourth-order valence-corrected chi connectivity index (χ4v) is 3.28. The molecule has 1 heterocycles. The first-order valence-corrected chi connectivity index (χ1v) is 8.29. The first-order chi connectivity index (χ1) is 11.2. The smallest absolute Gasteiger partial charge is 0.404 e. The zero-order chi connectivity index (χ0) is 17.9. The third-order valence-electron chi connectivity index (χ3n) is 4.17. The number of benzene rings is 1. The monoisotopic (exact) mass is 354 g/mol. The maximum Gasteiger partial charge on any atom is 0.404 e. The topological polar surface area (TPSA) is 92.9 Å². The van der Waals surface area contributed by atoms with Crippen LogP contribution in [-0.2, 0) is 9.53 Å². The molecule has 24 heavy (non-hydrogen) atoms. The van der Waals surface area contributed by atoms with Crippen LogP contribution in [-0.4, -0.2) is 46.8 Å². The number of carbonyl (C=O) groups is 2. The van der Waals surface area contributed by atoms with E-state index in [1.54, 1.807) is 43.0 Å². The summed E-state index contributed by atoms with van der Waals surface area (Å²) in [7, 11) is 0. The van der Waals surface area contributed by atoms with Crippen LogP contribution in [0.2, 0.25) is 5.02 Å². The van der Waals surface area contributed by atoms with Crippen molar-refractivity contribution in [2.24, 2.45) is 5.73 Å². The lowest BCUT2D eigenvalue weighted by Gasteiger charge is -2.37. The molecule has 0 saturated carbocycles. The van der Waals surface area contributed by atoms with Crippen LogP contribution < -0.4 is 5.73 Å². The molecular weight excluding hydrogens is 332 g/mol. The molecule has 6 nitrogen and oxygen atoms in total. The van der Waals surface area contributed by atoms with Crippen molar-refractivity contribution in [1.82, 2.24) is 4.90 Å². The summed E-state index contributed by atoms with van der Waals surface area (Å²) < 4.78 is 4.98. The third-order valence-corrected chi connectivity index (χ3v) is 4.41. The first-order valence-electron chi connectivity index (χ1n) is 7.91. The van der Waals surface area contributed by atoms with Crippen molar-refractivity contribution in [3.8, 4) is 0 Å². The van der Waals surface area contributed by atoms with Crippen molar-refractivity contribution < 1.29 is 19.4 Å². The third kappa shape index (κ3) is 4.61. The molecule has 7 heteroatoms. The van der Waals surface area contributed by atoms with Gasteiger partial charge < -0.3 is 20.5 Å². The number of nitrogens with two attached hydrogens (primary N) is 1. The predicted molar refractivity (Wildman–Crippen MR) is 90.8 cm³/mol. The van der Waals surface area contributed by atoms with Gasteiger partial charge in [0.25, 0.3) is 0 Å². The van der Waals surface area contributed by atoms with Gasteiger partial charge in [0.1, 0.15) is 6.10 Å². The van der Waals surface area contributed by atoms with Crippen molar-refractivity contribution in [1.29, 1.82) is 0 Å². The molecule has 0 bridgehead atoms. The molecule has 1 atom stereocenters. The fourth-order valence-electron chi connectivity index (χ4n) is 3.08. The lowest BCUT2D eigenvalue weighted by Crippen LogP contribution is -2.48. The molecule has 0 aromatic heterocycles. The zero-order valence-electron chi connectivity index (χ0n) is 13.9. The quantitative estimate of drug-likeness (QED) is 0.867. The van der Waals surface area contributed by atoms with Crippen LogP contribution in [0.4, 0.5) is 4.79 Å². The van der Waals surface area contributed by atoms with Gasteiger partial charge in [-0.25, -0.2) is 4.79 Å². The number of rotatable bonds is 4. The molecule has 1 fully saturated rings. The van der Waals surface area contributed by atoms with E-state index in [9.17, 15) is 14.7 Å². The number of piperidine rings is 1. The number of nitrogens with zero attached hydrogens (tertiary/aromatic N) is 1. The molecule has 1 aliphatic heterocycles. The van der Waals surface area contributed by atoms with Gasteiger partial charge in [-0.3, -0.25) is 4.79 Å². The molecule has 0 spiro atoms. The summed E-state index contributed by atoms with van der Waals surface area (Å²) in [6.07, 6.45) is -0.00242. The standard InChI is InChI=1S/C17H23ClN2O4/c1-17(2,23)14(11-4-3-5-12(18)10-11)15(21)20-8-6-13(7-9-20)24-16(19)22/h3-5,10,13-14,23H,6-9H2,1-2H3,(H2,19,22). The fraction of sp³-hybridized carbons (Fsp3) is 0.529. The van der Waals surface area contributed by atoms with Crippen LogP contribution in [0, 0.1) is 0 Å². The van der Waals surface area contributed by atoms with Crippen molar-refractivity contribution >= 4 is 23.6 Å². The van der Waals surface area contributed by atoms with Gasteiger partial charge in [-0.1, -0.05) is 23.7 Å². The van der Waals surface area contributed by atoms with E-state index < -0.39 is 17.6 Å². The Labute approximate surface area is 146 Å². The molecule has 1 aliphatic rings. The van der Waals surface area contributed by atoms with E-state index in [0.717, 1.165) is 0 Å². The molecule has 2 amide bonds. The Bertz CT molecular complexity index is 607. The Kier molecular flexibility index (Phi) is 5.72. The highest BCUT2D eigenvalue weighted by Crippen LogP contribution is 2.32. The van der Waals surface area contributed by atoms with E-state index in [1.165, 1.54) is 0 Å². The van der Waals surface area contributed by atoms with Gasteiger partial charge >= 0.3 is 6.09 Å². The Hall–Kier alpha value is -1.79. The SMILES string of the molecule is CC(C)(O)C(C(=O)N1CCC(OC(N)=O)CC1)c1cccc(Cl)c1. The summed E-state index contributed by atoms with van der Waals surface area (Å²) in [4.78, 5) is 25.5. The molecule has 0 radical (unpaired) electrons. The summed E-state index contributed by atoms with van der Waals surface area (Å²) in [5, 5.41) is 11.0. The Morgan fingerprint density at radius 2 is 2.00 bits per heavy atom. The number of hydrogen-bond acceptors (Lipinski definition) is 4. The first kappa shape index (κ1) is 18.5. The highest BCUT2D eigenvalue weighted by Gasteiger charge is 2.38. The number of hydrogen-bond donors (Lipinski definition) is 2. The maximum atomic E-state index is 13.0. The van der Waals surface area contributed by atoms with Crippen molar-refractivity contribution in [3.63, 3.8) is 0 Å². The maximum absolute atomic E-state index is 13.0. The zero-order valence-corrected chi connectivity index (χ0v) is 14.6. The van der Waals surface area contributed by atoms with Crippen LogP contribution in [0.25, 0.3) is 0 Å². The van der Waals surface area contributed by atoms with E-state index in [1.807, 2.05) is 0 Å². The van der Waals surface area contributed by atoms with Gasteiger partial charge in [0.2, 0.25) is 5.91 Å². The Morgan fingerprint density at radius 3 is 2.50 bits per heavy atom. The van der Waals surface area contributed by atoms with Gasteiger partial charge in [0.15, 0.2) is 0 Å². The second kappa shape index (κ2) is 7.40. The minimum atomic E-state index is -1.23. The lowest BCUT2D eigenvalue weighted by atomic mass is 9.83. The molecule has 1 aromatic rings. The van der Waals surface area contributed by atoms with Gasteiger partial charge in [-0.15, -0.1) is 0 Å². The number of primary amides is 1. The molecule has 2 rings (SSSR count). The van der Waals surface area contributed by atoms with E-state index >= 15 is 0 Å². The average Bonchev–Trinajstić information content (AvgIpc) is 2.46. The normalized spacial score (nSPS) is 17.4. The van der Waals surface area contributed by atoms with E-state index in [4.69, 9.17) is 22.1 Å². The van der Waals surface area contributed by atoms with Crippen LogP contribution in [0.3, 0.4) is 0 Å². The molecule has 132 valence electrons. The number of likely N-dealkylation sites (tertiary alicyclic amines) is 1. The molecule has 1 aromatic carbocycles.